The van der Waals surface area contributed by atoms with E-state index in [1.54, 1.807) is 0 Å². The number of anilines is 2. The van der Waals surface area contributed by atoms with Crippen molar-refractivity contribution in [3.05, 3.63) is 64.5 Å². The largest absolute Gasteiger partial charge is 0.375 e. The Hall–Kier alpha value is -2.63. The highest BCUT2D eigenvalue weighted by Crippen LogP contribution is 2.28. The second-order valence-corrected chi connectivity index (χ2v) is 5.33. The Balaban J connectivity index is 1.72. The predicted molar refractivity (Wildman–Crippen MR) is 83.7 cm³/mol. The van der Waals surface area contributed by atoms with Crippen molar-refractivity contribution in [3.8, 4) is 0 Å². The van der Waals surface area contributed by atoms with Gasteiger partial charge in [0.05, 0.1) is 11.0 Å². The molecular weight excluding hydrogens is 285 g/mol. The molecule has 1 atom stereocenters. The molecule has 5 nitrogen and oxygen atoms in total. The standard InChI is InChI=1S/C16H16FN3O2/c17-12-6-7-15(16(10-12)20(21)22)18-13-8-9-19(11-13)14-4-2-1-3-5-14/h1-7,10,13,18H,8-9,11H2. The molecule has 0 aromatic heterocycles. The Morgan fingerprint density at radius 2 is 2.00 bits per heavy atom. The van der Waals surface area contributed by atoms with Gasteiger partial charge in [0, 0.05) is 24.8 Å². The third-order valence-corrected chi connectivity index (χ3v) is 3.83. The van der Waals surface area contributed by atoms with Gasteiger partial charge in [-0.1, -0.05) is 18.2 Å². The van der Waals surface area contributed by atoms with Crippen LogP contribution >= 0.6 is 0 Å². The van der Waals surface area contributed by atoms with E-state index in [9.17, 15) is 14.5 Å². The molecular formula is C16H16FN3O2. The SMILES string of the molecule is O=[N+]([O-])c1cc(F)ccc1NC1CCN(c2ccccc2)C1. The number of para-hydroxylation sites is 1. The van der Waals surface area contributed by atoms with Gasteiger partial charge in [-0.3, -0.25) is 10.1 Å². The fourth-order valence-electron chi connectivity index (χ4n) is 2.75. The maximum Gasteiger partial charge on any atom is 0.295 e. The fourth-order valence-corrected chi connectivity index (χ4v) is 2.75. The van der Waals surface area contributed by atoms with Gasteiger partial charge >= 0.3 is 0 Å². The number of rotatable bonds is 4. The van der Waals surface area contributed by atoms with Crippen molar-refractivity contribution in [2.75, 3.05) is 23.3 Å². The van der Waals surface area contributed by atoms with Crippen molar-refractivity contribution in [1.82, 2.24) is 0 Å². The quantitative estimate of drug-likeness (QED) is 0.694. The van der Waals surface area contributed by atoms with E-state index in [4.69, 9.17) is 0 Å². The van der Waals surface area contributed by atoms with Crippen LogP contribution in [0.25, 0.3) is 0 Å². The Morgan fingerprint density at radius 1 is 1.23 bits per heavy atom. The molecule has 0 saturated carbocycles. The normalized spacial score (nSPS) is 17.5. The van der Waals surface area contributed by atoms with E-state index in [0.29, 0.717) is 5.69 Å². The van der Waals surface area contributed by atoms with Gasteiger partial charge in [0.1, 0.15) is 11.5 Å². The first kappa shape index (κ1) is 14.3. The van der Waals surface area contributed by atoms with Crippen LogP contribution in [0.15, 0.2) is 48.5 Å². The Bertz CT molecular complexity index is 678. The lowest BCUT2D eigenvalue weighted by molar-refractivity contribution is -0.384. The first-order valence-corrected chi connectivity index (χ1v) is 7.14. The zero-order valence-electron chi connectivity index (χ0n) is 11.9. The van der Waals surface area contributed by atoms with E-state index in [-0.39, 0.29) is 11.7 Å². The van der Waals surface area contributed by atoms with Crippen molar-refractivity contribution in [1.29, 1.82) is 0 Å². The minimum absolute atomic E-state index is 0.101. The lowest BCUT2D eigenvalue weighted by Crippen LogP contribution is -2.26. The minimum Gasteiger partial charge on any atom is -0.375 e. The third-order valence-electron chi connectivity index (χ3n) is 3.83. The summed E-state index contributed by atoms with van der Waals surface area (Å²) in [4.78, 5) is 12.7. The summed E-state index contributed by atoms with van der Waals surface area (Å²) in [5, 5.41) is 14.2. The van der Waals surface area contributed by atoms with Gasteiger partial charge in [-0.25, -0.2) is 4.39 Å². The summed E-state index contributed by atoms with van der Waals surface area (Å²) < 4.78 is 13.2. The van der Waals surface area contributed by atoms with Crippen LogP contribution < -0.4 is 10.2 Å². The van der Waals surface area contributed by atoms with E-state index in [1.165, 1.54) is 12.1 Å². The average molecular weight is 301 g/mol. The highest BCUT2D eigenvalue weighted by atomic mass is 19.1. The molecule has 1 aliphatic rings. The molecule has 0 spiro atoms. The van der Waals surface area contributed by atoms with Crippen LogP contribution in [-0.2, 0) is 0 Å². The smallest absolute Gasteiger partial charge is 0.295 e. The van der Waals surface area contributed by atoms with Crippen LogP contribution in [0.4, 0.5) is 21.5 Å². The number of halogens is 1. The monoisotopic (exact) mass is 301 g/mol. The molecule has 2 aromatic rings. The van der Waals surface area contributed by atoms with E-state index in [1.807, 2.05) is 30.3 Å². The second kappa shape index (κ2) is 6.01. The molecule has 1 fully saturated rings. The Morgan fingerprint density at radius 3 is 2.73 bits per heavy atom. The summed E-state index contributed by atoms with van der Waals surface area (Å²) >= 11 is 0. The third kappa shape index (κ3) is 3.00. The Kier molecular flexibility index (Phi) is 3.91. The minimum atomic E-state index is -0.602. The van der Waals surface area contributed by atoms with Gasteiger partial charge in [0.15, 0.2) is 0 Å². The maximum atomic E-state index is 13.2. The summed E-state index contributed by atoms with van der Waals surface area (Å²) in [6, 6.07) is 13.7. The topological polar surface area (TPSA) is 58.4 Å². The fraction of sp³-hybridized carbons (Fsp3) is 0.250. The van der Waals surface area contributed by atoms with Crippen LogP contribution in [0.3, 0.4) is 0 Å². The second-order valence-electron chi connectivity index (χ2n) is 5.33. The summed E-state index contributed by atoms with van der Waals surface area (Å²) in [5.41, 5.74) is 1.28. The molecule has 3 rings (SSSR count). The molecule has 1 heterocycles. The summed E-state index contributed by atoms with van der Waals surface area (Å²) in [5.74, 6) is -0.602. The molecule has 1 aliphatic heterocycles. The van der Waals surface area contributed by atoms with Gasteiger partial charge in [-0.2, -0.15) is 0 Å². The molecule has 6 heteroatoms. The van der Waals surface area contributed by atoms with Crippen LogP contribution in [0.2, 0.25) is 0 Å². The average Bonchev–Trinajstić information content (AvgIpc) is 2.98. The van der Waals surface area contributed by atoms with Crippen LogP contribution in [0.5, 0.6) is 0 Å². The number of benzene rings is 2. The first-order chi connectivity index (χ1) is 10.6. The first-order valence-electron chi connectivity index (χ1n) is 7.14. The van der Waals surface area contributed by atoms with E-state index in [2.05, 4.69) is 10.2 Å². The lowest BCUT2D eigenvalue weighted by atomic mass is 10.2. The van der Waals surface area contributed by atoms with Gasteiger partial charge in [0.2, 0.25) is 0 Å². The maximum absolute atomic E-state index is 13.2. The zero-order chi connectivity index (χ0) is 15.5. The van der Waals surface area contributed by atoms with Crippen molar-refractivity contribution in [3.63, 3.8) is 0 Å². The zero-order valence-corrected chi connectivity index (χ0v) is 11.9. The molecule has 0 aliphatic carbocycles. The number of hydrogen-bond donors (Lipinski definition) is 1. The van der Waals surface area contributed by atoms with E-state index in [0.717, 1.165) is 31.3 Å². The van der Waals surface area contributed by atoms with Crippen molar-refractivity contribution in [2.24, 2.45) is 0 Å². The number of nitro groups is 1. The highest BCUT2D eigenvalue weighted by molar-refractivity contribution is 5.62. The number of nitro benzene ring substituents is 1. The Labute approximate surface area is 127 Å². The van der Waals surface area contributed by atoms with Gasteiger partial charge in [-0.05, 0) is 30.7 Å². The molecule has 2 aromatic carbocycles. The van der Waals surface area contributed by atoms with Gasteiger partial charge < -0.3 is 10.2 Å². The summed E-state index contributed by atoms with van der Waals surface area (Å²) in [7, 11) is 0. The molecule has 1 saturated heterocycles. The van der Waals surface area contributed by atoms with Crippen molar-refractivity contribution in [2.45, 2.75) is 12.5 Å². The van der Waals surface area contributed by atoms with Crippen molar-refractivity contribution < 1.29 is 9.31 Å². The lowest BCUT2D eigenvalue weighted by Gasteiger charge is -2.19. The molecule has 1 N–H and O–H groups in total. The molecule has 0 bridgehead atoms. The molecule has 0 amide bonds. The molecule has 114 valence electrons. The summed E-state index contributed by atoms with van der Waals surface area (Å²) in [6.07, 6.45) is 0.878. The molecule has 22 heavy (non-hydrogen) atoms. The van der Waals surface area contributed by atoms with E-state index >= 15 is 0 Å². The van der Waals surface area contributed by atoms with E-state index < -0.39 is 10.7 Å². The van der Waals surface area contributed by atoms with Gasteiger partial charge in [0.25, 0.3) is 5.69 Å². The molecule has 0 radical (unpaired) electrons. The van der Waals surface area contributed by atoms with Crippen LogP contribution in [-0.4, -0.2) is 24.1 Å². The predicted octanol–water partition coefficient (Wildman–Crippen LogP) is 3.42. The van der Waals surface area contributed by atoms with Crippen molar-refractivity contribution >= 4 is 17.1 Å². The van der Waals surface area contributed by atoms with Gasteiger partial charge in [-0.15, -0.1) is 0 Å². The number of nitrogens with zero attached hydrogens (tertiary/aromatic N) is 2. The number of nitrogens with one attached hydrogen (secondary N) is 1. The molecule has 1 unspecified atom stereocenters. The summed E-state index contributed by atoms with van der Waals surface area (Å²) in [6.45, 7) is 1.65. The number of hydrogen-bond acceptors (Lipinski definition) is 4. The van der Waals surface area contributed by atoms with Crippen LogP contribution in [0, 0.1) is 15.9 Å². The highest BCUT2D eigenvalue weighted by Gasteiger charge is 2.25. The van der Waals surface area contributed by atoms with Crippen LogP contribution in [0.1, 0.15) is 6.42 Å².